The predicted octanol–water partition coefficient (Wildman–Crippen LogP) is 2.79. The number of aromatic nitrogens is 4. The van der Waals surface area contributed by atoms with Crippen LogP contribution in [0.5, 0.6) is 0 Å². The first-order valence-corrected chi connectivity index (χ1v) is 6.83. The van der Waals surface area contributed by atoms with E-state index in [1.807, 2.05) is 30.3 Å². The molecule has 0 unspecified atom stereocenters. The maximum absolute atomic E-state index is 11.2. The number of hydrogen-bond donors (Lipinski definition) is 1. The second kappa shape index (κ2) is 5.45. The SMILES string of the molecule is O=C(O)c1cc(-n2nnnc2-c2ccccc2)ccc1Br. The molecule has 21 heavy (non-hydrogen) atoms. The third-order valence-electron chi connectivity index (χ3n) is 2.93. The molecule has 3 rings (SSSR count). The molecule has 0 radical (unpaired) electrons. The van der Waals surface area contributed by atoms with Gasteiger partial charge in [0, 0.05) is 10.0 Å². The van der Waals surface area contributed by atoms with Gasteiger partial charge in [-0.05, 0) is 44.6 Å². The van der Waals surface area contributed by atoms with Crippen LogP contribution in [0.2, 0.25) is 0 Å². The quantitative estimate of drug-likeness (QED) is 0.789. The van der Waals surface area contributed by atoms with Crippen molar-refractivity contribution < 1.29 is 9.90 Å². The third kappa shape index (κ3) is 2.55. The number of hydrogen-bond acceptors (Lipinski definition) is 4. The Bertz CT molecular complexity index is 802. The smallest absolute Gasteiger partial charge is 0.336 e. The molecule has 1 heterocycles. The summed E-state index contributed by atoms with van der Waals surface area (Å²) in [6.45, 7) is 0. The maximum Gasteiger partial charge on any atom is 0.336 e. The molecule has 0 spiro atoms. The van der Waals surface area contributed by atoms with Crippen LogP contribution in [-0.4, -0.2) is 31.3 Å². The second-order valence-electron chi connectivity index (χ2n) is 4.25. The summed E-state index contributed by atoms with van der Waals surface area (Å²) in [5.74, 6) is -0.465. The molecule has 1 N–H and O–H groups in total. The van der Waals surface area contributed by atoms with E-state index in [4.69, 9.17) is 0 Å². The highest BCUT2D eigenvalue weighted by Gasteiger charge is 2.14. The molecule has 0 aliphatic heterocycles. The summed E-state index contributed by atoms with van der Waals surface area (Å²) in [5, 5.41) is 20.8. The Morgan fingerprint density at radius 1 is 1.14 bits per heavy atom. The average molecular weight is 345 g/mol. The highest BCUT2D eigenvalue weighted by molar-refractivity contribution is 9.10. The number of carbonyl (C=O) groups is 1. The predicted molar refractivity (Wildman–Crippen MR) is 79.2 cm³/mol. The minimum absolute atomic E-state index is 0.155. The second-order valence-corrected chi connectivity index (χ2v) is 5.10. The molecule has 104 valence electrons. The van der Waals surface area contributed by atoms with E-state index in [9.17, 15) is 9.90 Å². The summed E-state index contributed by atoms with van der Waals surface area (Å²) < 4.78 is 2.02. The van der Waals surface area contributed by atoms with Crippen molar-refractivity contribution in [3.05, 3.63) is 58.6 Å². The van der Waals surface area contributed by atoms with Crippen molar-refractivity contribution in [2.24, 2.45) is 0 Å². The Labute approximate surface area is 128 Å². The minimum atomic E-state index is -1.02. The van der Waals surface area contributed by atoms with Gasteiger partial charge in [-0.1, -0.05) is 30.3 Å². The van der Waals surface area contributed by atoms with Gasteiger partial charge in [0.25, 0.3) is 0 Å². The number of benzene rings is 2. The molecule has 0 bridgehead atoms. The number of carboxylic acid groups (broad SMARTS) is 1. The first-order chi connectivity index (χ1) is 10.2. The molecule has 0 amide bonds. The van der Waals surface area contributed by atoms with Crippen molar-refractivity contribution in [1.29, 1.82) is 0 Å². The molecule has 0 fully saturated rings. The van der Waals surface area contributed by atoms with E-state index in [2.05, 4.69) is 31.5 Å². The van der Waals surface area contributed by atoms with E-state index in [0.717, 1.165) is 5.56 Å². The van der Waals surface area contributed by atoms with E-state index in [0.29, 0.717) is 16.0 Å². The Kier molecular flexibility index (Phi) is 3.49. The molecule has 0 saturated heterocycles. The molecular formula is C14H9BrN4O2. The van der Waals surface area contributed by atoms with Crippen LogP contribution in [-0.2, 0) is 0 Å². The molecule has 0 aliphatic rings. The number of rotatable bonds is 3. The van der Waals surface area contributed by atoms with Crippen LogP contribution >= 0.6 is 15.9 Å². The average Bonchev–Trinajstić information content (AvgIpc) is 2.98. The van der Waals surface area contributed by atoms with Crippen LogP contribution in [0, 0.1) is 0 Å². The Balaban J connectivity index is 2.13. The number of nitrogens with zero attached hydrogens (tertiary/aromatic N) is 4. The highest BCUT2D eigenvalue weighted by Crippen LogP contribution is 2.23. The van der Waals surface area contributed by atoms with Crippen molar-refractivity contribution in [3.63, 3.8) is 0 Å². The zero-order valence-electron chi connectivity index (χ0n) is 10.6. The first-order valence-electron chi connectivity index (χ1n) is 6.04. The summed E-state index contributed by atoms with van der Waals surface area (Å²) in [6, 6.07) is 14.4. The number of aromatic carboxylic acids is 1. The first kappa shape index (κ1) is 13.4. The minimum Gasteiger partial charge on any atom is -0.478 e. The van der Waals surface area contributed by atoms with Crippen molar-refractivity contribution in [2.75, 3.05) is 0 Å². The number of carboxylic acids is 1. The topological polar surface area (TPSA) is 80.9 Å². The largest absolute Gasteiger partial charge is 0.478 e. The lowest BCUT2D eigenvalue weighted by atomic mass is 10.2. The van der Waals surface area contributed by atoms with Gasteiger partial charge in [0.2, 0.25) is 0 Å². The van der Waals surface area contributed by atoms with E-state index in [1.54, 1.807) is 12.1 Å². The molecule has 7 heteroatoms. The van der Waals surface area contributed by atoms with E-state index in [-0.39, 0.29) is 5.56 Å². The van der Waals surface area contributed by atoms with Crippen molar-refractivity contribution in [2.45, 2.75) is 0 Å². The Morgan fingerprint density at radius 3 is 2.62 bits per heavy atom. The summed E-state index contributed by atoms with van der Waals surface area (Å²) in [5.41, 5.74) is 1.59. The standard InChI is InChI=1S/C14H9BrN4O2/c15-12-7-6-10(8-11(12)14(20)21)19-13(16-17-18-19)9-4-2-1-3-5-9/h1-8H,(H,20,21). The number of tetrazole rings is 1. The van der Waals surface area contributed by atoms with Crippen molar-refractivity contribution in [3.8, 4) is 17.1 Å². The zero-order chi connectivity index (χ0) is 14.8. The molecule has 0 atom stereocenters. The Morgan fingerprint density at radius 2 is 1.90 bits per heavy atom. The van der Waals surface area contributed by atoms with Crippen LogP contribution in [0.1, 0.15) is 10.4 Å². The zero-order valence-corrected chi connectivity index (χ0v) is 12.2. The fourth-order valence-corrected chi connectivity index (χ4v) is 2.35. The highest BCUT2D eigenvalue weighted by atomic mass is 79.9. The van der Waals surface area contributed by atoms with Crippen molar-refractivity contribution in [1.82, 2.24) is 20.2 Å². The Hall–Kier alpha value is -2.54. The van der Waals surface area contributed by atoms with Crippen molar-refractivity contribution >= 4 is 21.9 Å². The van der Waals surface area contributed by atoms with Gasteiger partial charge in [0.15, 0.2) is 5.82 Å². The van der Waals surface area contributed by atoms with E-state index >= 15 is 0 Å². The van der Waals surface area contributed by atoms with Crippen LogP contribution in [0.3, 0.4) is 0 Å². The van der Waals surface area contributed by atoms with Crippen LogP contribution in [0.15, 0.2) is 53.0 Å². The van der Waals surface area contributed by atoms with Gasteiger partial charge in [-0.15, -0.1) is 5.10 Å². The van der Waals surface area contributed by atoms with Crippen LogP contribution in [0.25, 0.3) is 17.1 Å². The molecule has 6 nitrogen and oxygen atoms in total. The molecule has 3 aromatic rings. The van der Waals surface area contributed by atoms with Gasteiger partial charge in [-0.3, -0.25) is 0 Å². The van der Waals surface area contributed by atoms with Crippen LogP contribution in [0.4, 0.5) is 0 Å². The summed E-state index contributed by atoms with van der Waals surface area (Å²) in [6.07, 6.45) is 0. The third-order valence-corrected chi connectivity index (χ3v) is 3.62. The summed E-state index contributed by atoms with van der Waals surface area (Å²) in [7, 11) is 0. The van der Waals surface area contributed by atoms with Gasteiger partial charge in [-0.25, -0.2) is 4.79 Å². The van der Waals surface area contributed by atoms with E-state index in [1.165, 1.54) is 10.7 Å². The van der Waals surface area contributed by atoms with Gasteiger partial charge in [0.05, 0.1) is 11.3 Å². The monoisotopic (exact) mass is 344 g/mol. The molecule has 0 saturated carbocycles. The lowest BCUT2D eigenvalue weighted by molar-refractivity contribution is 0.0696. The summed E-state index contributed by atoms with van der Waals surface area (Å²) in [4.78, 5) is 11.2. The van der Waals surface area contributed by atoms with Crippen LogP contribution < -0.4 is 0 Å². The van der Waals surface area contributed by atoms with Gasteiger partial charge in [-0.2, -0.15) is 4.68 Å². The van der Waals surface area contributed by atoms with E-state index < -0.39 is 5.97 Å². The lowest BCUT2D eigenvalue weighted by Gasteiger charge is -2.06. The van der Waals surface area contributed by atoms with Gasteiger partial charge >= 0.3 is 5.97 Å². The molecule has 1 aromatic heterocycles. The lowest BCUT2D eigenvalue weighted by Crippen LogP contribution is -2.04. The maximum atomic E-state index is 11.2. The molecule has 0 aliphatic carbocycles. The van der Waals surface area contributed by atoms with Gasteiger partial charge in [0.1, 0.15) is 0 Å². The normalized spacial score (nSPS) is 10.5. The number of halogens is 1. The fraction of sp³-hybridized carbons (Fsp3) is 0. The molecular weight excluding hydrogens is 336 g/mol. The van der Waals surface area contributed by atoms with Gasteiger partial charge < -0.3 is 5.11 Å². The summed E-state index contributed by atoms with van der Waals surface area (Å²) >= 11 is 3.22. The molecule has 2 aromatic carbocycles. The fourth-order valence-electron chi connectivity index (χ4n) is 1.94.